The van der Waals surface area contributed by atoms with E-state index in [1.165, 1.54) is 24.3 Å². The van der Waals surface area contributed by atoms with E-state index in [9.17, 15) is 13.6 Å². The lowest BCUT2D eigenvalue weighted by Crippen LogP contribution is -2.34. The zero-order valence-corrected chi connectivity index (χ0v) is 10.4. The SMILES string of the molecule is [N-]=[N+]=NCCNC(C(N)=O)c1ccc(OC(F)F)cc1. The Kier molecular flexibility index (Phi) is 6.21. The number of nitrogens with two attached hydrogens (primary N) is 1. The number of azide groups is 1. The van der Waals surface area contributed by atoms with Crippen LogP contribution in [0.5, 0.6) is 5.75 Å². The van der Waals surface area contributed by atoms with Crippen molar-refractivity contribution < 1.29 is 18.3 Å². The molecular weight excluding hydrogens is 272 g/mol. The predicted molar refractivity (Wildman–Crippen MR) is 67.0 cm³/mol. The second-order valence-electron chi connectivity index (χ2n) is 3.69. The van der Waals surface area contributed by atoms with E-state index in [1.807, 2.05) is 0 Å². The van der Waals surface area contributed by atoms with E-state index in [-0.39, 0.29) is 18.8 Å². The molecule has 1 unspecified atom stereocenters. The van der Waals surface area contributed by atoms with Gasteiger partial charge in [0.1, 0.15) is 11.8 Å². The van der Waals surface area contributed by atoms with Gasteiger partial charge in [0.05, 0.1) is 0 Å². The molecular formula is C11H13F2N5O2. The Balaban J connectivity index is 2.71. The average molecular weight is 285 g/mol. The van der Waals surface area contributed by atoms with E-state index < -0.39 is 18.6 Å². The summed E-state index contributed by atoms with van der Waals surface area (Å²) in [5.74, 6) is -0.644. The number of primary amides is 1. The normalized spacial score (nSPS) is 11.8. The van der Waals surface area contributed by atoms with Crippen LogP contribution in [0.2, 0.25) is 0 Å². The van der Waals surface area contributed by atoms with Gasteiger partial charge >= 0.3 is 6.61 Å². The molecule has 1 aromatic carbocycles. The molecule has 0 saturated carbocycles. The van der Waals surface area contributed by atoms with Crippen molar-refractivity contribution in [2.45, 2.75) is 12.7 Å². The lowest BCUT2D eigenvalue weighted by molar-refractivity contribution is -0.120. The molecule has 0 aliphatic heterocycles. The van der Waals surface area contributed by atoms with Crippen LogP contribution in [0.4, 0.5) is 8.78 Å². The summed E-state index contributed by atoms with van der Waals surface area (Å²) in [6, 6.07) is 4.73. The van der Waals surface area contributed by atoms with Crippen molar-refractivity contribution in [3.05, 3.63) is 40.3 Å². The third-order valence-corrected chi connectivity index (χ3v) is 2.35. The van der Waals surface area contributed by atoms with Crippen LogP contribution in [0.15, 0.2) is 29.4 Å². The number of halogens is 2. The first-order valence-electron chi connectivity index (χ1n) is 5.63. The molecule has 108 valence electrons. The first kappa shape index (κ1) is 15.7. The van der Waals surface area contributed by atoms with Gasteiger partial charge in [0.25, 0.3) is 0 Å². The van der Waals surface area contributed by atoms with Gasteiger partial charge in [-0.05, 0) is 23.2 Å². The van der Waals surface area contributed by atoms with Crippen LogP contribution < -0.4 is 15.8 Å². The van der Waals surface area contributed by atoms with E-state index in [1.54, 1.807) is 0 Å². The highest BCUT2D eigenvalue weighted by molar-refractivity contribution is 5.81. The molecule has 1 atom stereocenters. The number of nitrogens with one attached hydrogen (secondary N) is 1. The molecule has 0 aliphatic rings. The van der Waals surface area contributed by atoms with E-state index in [0.717, 1.165) is 0 Å². The number of rotatable bonds is 8. The highest BCUT2D eigenvalue weighted by Gasteiger charge is 2.17. The Morgan fingerprint density at radius 2 is 2.10 bits per heavy atom. The van der Waals surface area contributed by atoms with Gasteiger partial charge in [-0.25, -0.2) is 0 Å². The molecule has 7 nitrogen and oxygen atoms in total. The molecule has 0 aliphatic carbocycles. The maximum Gasteiger partial charge on any atom is 0.387 e. The van der Waals surface area contributed by atoms with Gasteiger partial charge in [0, 0.05) is 18.0 Å². The fourth-order valence-corrected chi connectivity index (χ4v) is 1.53. The van der Waals surface area contributed by atoms with Crippen LogP contribution in [-0.2, 0) is 4.79 Å². The quantitative estimate of drug-likeness (QED) is 0.328. The Labute approximate surface area is 113 Å². The maximum absolute atomic E-state index is 12.0. The summed E-state index contributed by atoms with van der Waals surface area (Å²) in [7, 11) is 0. The van der Waals surface area contributed by atoms with Crippen LogP contribution in [-0.4, -0.2) is 25.6 Å². The Bertz CT molecular complexity index is 488. The Morgan fingerprint density at radius 3 is 2.60 bits per heavy atom. The lowest BCUT2D eigenvalue weighted by Gasteiger charge is -2.15. The standard InChI is InChI=1S/C11H13F2N5O2/c12-11(13)20-8-3-1-7(2-4-8)9(10(14)19)16-5-6-17-18-15/h1-4,9,11,16H,5-6H2,(H2,14,19). The minimum Gasteiger partial charge on any atom is -0.435 e. The fourth-order valence-electron chi connectivity index (χ4n) is 1.53. The van der Waals surface area contributed by atoms with Gasteiger partial charge in [-0.2, -0.15) is 8.78 Å². The number of hydrogen-bond acceptors (Lipinski definition) is 4. The molecule has 1 rings (SSSR count). The minimum absolute atomic E-state index is 0.0129. The second kappa shape index (κ2) is 7.93. The summed E-state index contributed by atoms with van der Waals surface area (Å²) in [4.78, 5) is 13.9. The van der Waals surface area contributed by atoms with Crippen LogP contribution in [0.25, 0.3) is 10.4 Å². The van der Waals surface area contributed by atoms with Crippen molar-refractivity contribution in [2.75, 3.05) is 13.1 Å². The summed E-state index contributed by atoms with van der Waals surface area (Å²) in [6.07, 6.45) is 0. The van der Waals surface area contributed by atoms with Gasteiger partial charge in [-0.3, -0.25) is 4.79 Å². The minimum atomic E-state index is -2.91. The maximum atomic E-state index is 12.0. The van der Waals surface area contributed by atoms with Gasteiger partial charge in [0.2, 0.25) is 5.91 Å². The second-order valence-corrected chi connectivity index (χ2v) is 3.69. The number of alkyl halides is 2. The first-order valence-corrected chi connectivity index (χ1v) is 5.63. The molecule has 0 heterocycles. The molecule has 3 N–H and O–H groups in total. The van der Waals surface area contributed by atoms with Crippen LogP contribution in [0.1, 0.15) is 11.6 Å². The van der Waals surface area contributed by atoms with Gasteiger partial charge in [-0.15, -0.1) is 0 Å². The van der Waals surface area contributed by atoms with Crippen LogP contribution in [0, 0.1) is 0 Å². The number of carbonyl (C=O) groups is 1. The highest BCUT2D eigenvalue weighted by atomic mass is 19.3. The van der Waals surface area contributed by atoms with Crippen molar-refractivity contribution in [1.82, 2.24) is 5.32 Å². The number of ether oxygens (including phenoxy) is 1. The largest absolute Gasteiger partial charge is 0.435 e. The highest BCUT2D eigenvalue weighted by Crippen LogP contribution is 2.19. The number of hydrogen-bond donors (Lipinski definition) is 2. The van der Waals surface area contributed by atoms with Crippen LogP contribution in [0.3, 0.4) is 0 Å². The van der Waals surface area contributed by atoms with Crippen molar-refractivity contribution in [2.24, 2.45) is 10.8 Å². The molecule has 0 spiro atoms. The molecule has 0 fully saturated rings. The zero-order valence-electron chi connectivity index (χ0n) is 10.4. The lowest BCUT2D eigenvalue weighted by atomic mass is 10.1. The monoisotopic (exact) mass is 285 g/mol. The predicted octanol–water partition coefficient (Wildman–Crippen LogP) is 1.71. The van der Waals surface area contributed by atoms with Gasteiger partial charge in [-0.1, -0.05) is 17.2 Å². The van der Waals surface area contributed by atoms with E-state index in [2.05, 4.69) is 20.1 Å². The molecule has 0 aromatic heterocycles. The zero-order chi connectivity index (χ0) is 15.0. The first-order chi connectivity index (χ1) is 9.54. The van der Waals surface area contributed by atoms with Crippen LogP contribution >= 0.6 is 0 Å². The Morgan fingerprint density at radius 1 is 1.45 bits per heavy atom. The van der Waals surface area contributed by atoms with Gasteiger partial charge in [0.15, 0.2) is 0 Å². The van der Waals surface area contributed by atoms with E-state index >= 15 is 0 Å². The number of benzene rings is 1. The molecule has 1 amide bonds. The molecule has 0 saturated heterocycles. The molecule has 9 heteroatoms. The average Bonchev–Trinajstić information content (AvgIpc) is 2.39. The summed E-state index contributed by atoms with van der Waals surface area (Å²) in [5.41, 5.74) is 13.9. The van der Waals surface area contributed by atoms with Crippen molar-refractivity contribution in [3.8, 4) is 5.75 Å². The van der Waals surface area contributed by atoms with E-state index in [4.69, 9.17) is 11.3 Å². The summed E-state index contributed by atoms with van der Waals surface area (Å²) < 4.78 is 28.2. The van der Waals surface area contributed by atoms with Gasteiger partial charge < -0.3 is 15.8 Å². The molecule has 20 heavy (non-hydrogen) atoms. The molecule has 1 aromatic rings. The third kappa shape index (κ3) is 5.09. The summed E-state index contributed by atoms with van der Waals surface area (Å²) in [6.45, 7) is -2.49. The molecule has 0 bridgehead atoms. The fraction of sp³-hybridized carbons (Fsp3) is 0.364. The number of nitrogens with zero attached hydrogens (tertiary/aromatic N) is 3. The smallest absolute Gasteiger partial charge is 0.387 e. The van der Waals surface area contributed by atoms with E-state index in [0.29, 0.717) is 5.56 Å². The number of carbonyl (C=O) groups excluding carboxylic acids is 1. The van der Waals surface area contributed by atoms with Crippen molar-refractivity contribution >= 4 is 5.91 Å². The third-order valence-electron chi connectivity index (χ3n) is 2.35. The number of amides is 1. The Hall–Kier alpha value is -2.38. The summed E-state index contributed by atoms with van der Waals surface area (Å²) in [5, 5.41) is 6.11. The van der Waals surface area contributed by atoms with Crippen molar-refractivity contribution in [1.29, 1.82) is 0 Å². The summed E-state index contributed by atoms with van der Waals surface area (Å²) >= 11 is 0. The molecule has 0 radical (unpaired) electrons. The topological polar surface area (TPSA) is 113 Å². The van der Waals surface area contributed by atoms with Crippen molar-refractivity contribution in [3.63, 3.8) is 0 Å².